The molecule has 0 saturated carbocycles. The fourth-order valence-electron chi connectivity index (χ4n) is 4.03. The third-order valence-electron chi connectivity index (χ3n) is 6.50. The topological polar surface area (TPSA) is 182 Å². The van der Waals surface area contributed by atoms with Crippen LogP contribution in [0.3, 0.4) is 0 Å². The Hall–Kier alpha value is -5.34. The Morgan fingerprint density at radius 2 is 1.10 bits per heavy atom. The highest BCUT2D eigenvalue weighted by Crippen LogP contribution is 2.20. The minimum atomic E-state index is -1.12. The zero-order chi connectivity index (χ0) is 34.7. The fourth-order valence-corrected chi connectivity index (χ4v) is 4.84. The SMILES string of the molecule is CSc1ccc(N=NC(=O)NC(Cc2ccccc2)C(=O)O)cc1.CSc1ccc(NNC(=O)NC(Cc2ccccc2)C(=O)O)cc1. The number of anilines is 1. The van der Waals surface area contributed by atoms with Gasteiger partial charge in [-0.3, -0.25) is 10.9 Å². The van der Waals surface area contributed by atoms with Crippen LogP contribution in [0.25, 0.3) is 0 Å². The minimum absolute atomic E-state index is 0.180. The first kappa shape index (κ1) is 37.1. The van der Waals surface area contributed by atoms with Crippen LogP contribution in [0, 0.1) is 0 Å². The van der Waals surface area contributed by atoms with E-state index in [-0.39, 0.29) is 12.8 Å². The van der Waals surface area contributed by atoms with Crippen molar-refractivity contribution >= 4 is 58.9 Å². The van der Waals surface area contributed by atoms with E-state index in [1.807, 2.05) is 97.4 Å². The summed E-state index contributed by atoms with van der Waals surface area (Å²) in [5.41, 5.74) is 8.06. The molecule has 0 spiro atoms. The van der Waals surface area contributed by atoms with Gasteiger partial charge in [0.2, 0.25) is 0 Å². The highest BCUT2D eigenvalue weighted by Gasteiger charge is 2.21. The molecular weight excluding hydrogens is 653 g/mol. The summed E-state index contributed by atoms with van der Waals surface area (Å²) in [6.45, 7) is 0. The summed E-state index contributed by atoms with van der Waals surface area (Å²) >= 11 is 3.22. The molecule has 4 rings (SSSR count). The Morgan fingerprint density at radius 3 is 1.56 bits per heavy atom. The maximum absolute atomic E-state index is 11.9. The second-order valence-corrected chi connectivity index (χ2v) is 11.7. The Kier molecular flexibility index (Phi) is 15.5. The lowest BCUT2D eigenvalue weighted by Gasteiger charge is -2.16. The summed E-state index contributed by atoms with van der Waals surface area (Å²) in [4.78, 5) is 48.5. The van der Waals surface area contributed by atoms with Crippen LogP contribution in [0.15, 0.2) is 129 Å². The molecule has 0 bridgehead atoms. The lowest BCUT2D eigenvalue weighted by atomic mass is 10.1. The number of carboxylic acid groups (broad SMARTS) is 2. The molecule has 0 aliphatic carbocycles. The summed E-state index contributed by atoms with van der Waals surface area (Å²) in [7, 11) is 0. The second kappa shape index (κ2) is 20.0. The van der Waals surface area contributed by atoms with Crippen LogP contribution in [0.1, 0.15) is 11.1 Å². The molecule has 12 nitrogen and oxygen atoms in total. The highest BCUT2D eigenvalue weighted by molar-refractivity contribution is 7.98. The highest BCUT2D eigenvalue weighted by atomic mass is 32.2. The number of hydrazine groups is 1. The Morgan fingerprint density at radius 1 is 0.646 bits per heavy atom. The lowest BCUT2D eigenvalue weighted by molar-refractivity contribution is -0.140. The van der Waals surface area contributed by atoms with Gasteiger partial charge in [-0.2, -0.15) is 0 Å². The molecule has 14 heteroatoms. The predicted molar refractivity (Wildman–Crippen MR) is 188 cm³/mol. The standard InChI is InChI=1S/C17H19N3O3S.C17H17N3O3S/c2*1-24-14-9-7-13(8-10-14)19-20-17(23)18-15(16(21)22)11-12-5-3-2-4-6-12/h2-10,15,19H,11H2,1H3,(H,21,22)(H2,18,20,23);2-10,15H,11H2,1H3,(H,18,23)(H,21,22). The number of nitrogens with one attached hydrogen (secondary N) is 4. The Labute approximate surface area is 286 Å². The average molecular weight is 689 g/mol. The van der Waals surface area contributed by atoms with Crippen molar-refractivity contribution in [3.8, 4) is 0 Å². The van der Waals surface area contributed by atoms with Gasteiger partial charge >= 0.3 is 24.0 Å². The van der Waals surface area contributed by atoms with E-state index in [0.29, 0.717) is 11.4 Å². The van der Waals surface area contributed by atoms with Gasteiger partial charge < -0.3 is 20.8 Å². The summed E-state index contributed by atoms with van der Waals surface area (Å²) in [5, 5.41) is 30.6. The number of rotatable bonds is 13. The van der Waals surface area contributed by atoms with Crippen molar-refractivity contribution in [1.29, 1.82) is 0 Å². The smallest absolute Gasteiger partial charge is 0.360 e. The molecule has 4 amide bonds. The third-order valence-corrected chi connectivity index (χ3v) is 7.99. The molecule has 250 valence electrons. The number of carboxylic acids is 2. The molecule has 4 aromatic rings. The molecule has 0 heterocycles. The number of urea groups is 2. The van der Waals surface area contributed by atoms with E-state index in [1.165, 1.54) is 0 Å². The van der Waals surface area contributed by atoms with Gasteiger partial charge in [0.25, 0.3) is 0 Å². The number of nitrogens with zero attached hydrogens (tertiary/aromatic N) is 2. The molecule has 2 atom stereocenters. The molecule has 4 aromatic carbocycles. The number of thioether (sulfide) groups is 2. The van der Waals surface area contributed by atoms with Gasteiger partial charge in [-0.05, 0) is 72.2 Å². The van der Waals surface area contributed by atoms with Crippen LogP contribution >= 0.6 is 23.5 Å². The number of hydrogen-bond acceptors (Lipinski definition) is 8. The molecular formula is C34H36N6O6S2. The Balaban J connectivity index is 0.000000260. The van der Waals surface area contributed by atoms with Crippen molar-refractivity contribution in [3.05, 3.63) is 120 Å². The number of benzene rings is 4. The zero-order valence-corrected chi connectivity index (χ0v) is 27.8. The monoisotopic (exact) mass is 688 g/mol. The van der Waals surface area contributed by atoms with Gasteiger partial charge in [0.05, 0.1) is 11.4 Å². The first-order valence-electron chi connectivity index (χ1n) is 14.5. The van der Waals surface area contributed by atoms with Crippen LogP contribution < -0.4 is 21.5 Å². The Bertz CT molecular complexity index is 1640. The van der Waals surface area contributed by atoms with E-state index in [2.05, 4.69) is 31.7 Å². The van der Waals surface area contributed by atoms with E-state index in [9.17, 15) is 29.4 Å². The zero-order valence-electron chi connectivity index (χ0n) is 26.2. The number of hydrogen-bond donors (Lipinski definition) is 6. The molecule has 0 aliphatic rings. The summed E-state index contributed by atoms with van der Waals surface area (Å²) in [6.07, 6.45) is 4.33. The van der Waals surface area contributed by atoms with E-state index >= 15 is 0 Å². The van der Waals surface area contributed by atoms with E-state index < -0.39 is 36.1 Å². The first-order chi connectivity index (χ1) is 23.2. The summed E-state index contributed by atoms with van der Waals surface area (Å²) in [6, 6.07) is 29.5. The van der Waals surface area contributed by atoms with E-state index in [4.69, 9.17) is 0 Å². The molecule has 0 fully saturated rings. The van der Waals surface area contributed by atoms with Crippen molar-refractivity contribution < 1.29 is 29.4 Å². The van der Waals surface area contributed by atoms with Gasteiger partial charge in [0.15, 0.2) is 0 Å². The molecule has 48 heavy (non-hydrogen) atoms. The normalized spacial score (nSPS) is 11.7. The van der Waals surface area contributed by atoms with Gasteiger partial charge in [0.1, 0.15) is 12.1 Å². The number of carbonyl (C=O) groups excluding carboxylic acids is 2. The number of azo groups is 1. The van der Waals surface area contributed by atoms with Crippen molar-refractivity contribution in [1.82, 2.24) is 16.1 Å². The maximum Gasteiger partial charge on any atom is 0.360 e. The minimum Gasteiger partial charge on any atom is -0.480 e. The second-order valence-electron chi connectivity index (χ2n) is 9.96. The van der Waals surface area contributed by atoms with Crippen LogP contribution in [0.5, 0.6) is 0 Å². The predicted octanol–water partition coefficient (Wildman–Crippen LogP) is 6.63. The number of amides is 4. The third kappa shape index (κ3) is 13.6. The van der Waals surface area contributed by atoms with Crippen molar-refractivity contribution in [2.45, 2.75) is 34.7 Å². The number of carbonyl (C=O) groups is 4. The van der Waals surface area contributed by atoms with E-state index in [0.717, 1.165) is 20.9 Å². The van der Waals surface area contributed by atoms with Gasteiger partial charge in [-0.15, -0.1) is 28.6 Å². The van der Waals surface area contributed by atoms with Crippen molar-refractivity contribution in [2.24, 2.45) is 10.2 Å². The summed E-state index contributed by atoms with van der Waals surface area (Å²) in [5.74, 6) is -2.20. The van der Waals surface area contributed by atoms with Crippen LogP contribution in [-0.4, -0.2) is 58.8 Å². The van der Waals surface area contributed by atoms with Gasteiger partial charge in [-0.1, -0.05) is 65.8 Å². The molecule has 0 saturated heterocycles. The molecule has 0 radical (unpaired) electrons. The van der Waals surface area contributed by atoms with Crippen molar-refractivity contribution in [3.63, 3.8) is 0 Å². The number of aliphatic carboxylic acids is 2. The molecule has 0 aromatic heterocycles. The van der Waals surface area contributed by atoms with Gasteiger partial charge in [0, 0.05) is 22.6 Å². The van der Waals surface area contributed by atoms with Crippen LogP contribution in [0.4, 0.5) is 21.0 Å². The molecule has 6 N–H and O–H groups in total. The maximum atomic E-state index is 11.9. The van der Waals surface area contributed by atoms with Crippen LogP contribution in [0.2, 0.25) is 0 Å². The summed E-state index contributed by atoms with van der Waals surface area (Å²) < 4.78 is 0. The quantitative estimate of drug-likeness (QED) is 0.0510. The first-order valence-corrected chi connectivity index (χ1v) is 17.0. The van der Waals surface area contributed by atoms with E-state index in [1.54, 1.807) is 47.8 Å². The fraction of sp³-hybridized carbons (Fsp3) is 0.176. The average Bonchev–Trinajstić information content (AvgIpc) is 3.11. The van der Waals surface area contributed by atoms with Crippen LogP contribution in [-0.2, 0) is 22.4 Å². The van der Waals surface area contributed by atoms with Crippen molar-refractivity contribution in [2.75, 3.05) is 17.9 Å². The molecule has 0 aliphatic heterocycles. The molecule has 2 unspecified atom stereocenters. The lowest BCUT2D eigenvalue weighted by Crippen LogP contribution is -2.48. The van der Waals surface area contributed by atoms with Gasteiger partial charge in [-0.25, -0.2) is 19.2 Å². The largest absolute Gasteiger partial charge is 0.480 e.